The largest absolute Gasteiger partial charge is 0.452 e. The van der Waals surface area contributed by atoms with Crippen LogP contribution in [0.1, 0.15) is 31.8 Å². The highest BCUT2D eigenvalue weighted by atomic mass is 32.1. The standard InChI is InChI=1S/C56H34N4S2.2C38H21N3OS/c1-56(2)43-19-9-7-15-36(43)37-24-23-33(28-44(37)56)50-48-42-26-21-31-12-3-4-14-35(31)52(42)62-54(48)59-55(58-50)60-45-29-32(34-13-11-27-57-30-34)22-25-40(45)47-38-16-5-6-17-39(38)53-49(51(47)60)41-18-8-10-20-46(41)61-53;2*1-2-12-22(13-3-1)33-36-34(26-17-7-10-20-29(26)42-36)40-38(39-33)41-28-19-9-6-16-25(28)31-32-27-18-8-11-21-30(27)43-37(32)24-15-5-4-14-23(24)35(31)41/h3-30H,1-2H3;2*1-21H/i;1D,2D,3D,12D,13D;. The van der Waals surface area contributed by atoms with Gasteiger partial charge in [-0.15, -0.1) is 45.3 Å². The molecule has 0 spiro atoms. The van der Waals surface area contributed by atoms with Crippen LogP contribution in [0.2, 0.25) is 0 Å². The van der Waals surface area contributed by atoms with Crippen LogP contribution in [0, 0.1) is 0 Å². The first kappa shape index (κ1) is 78.3. The van der Waals surface area contributed by atoms with E-state index in [1.807, 2.05) is 120 Å². The lowest BCUT2D eigenvalue weighted by Gasteiger charge is -2.22. The Kier molecular flexibility index (Phi) is 16.8. The van der Waals surface area contributed by atoms with E-state index in [0.29, 0.717) is 34.5 Å². The van der Waals surface area contributed by atoms with Crippen molar-refractivity contribution in [3.8, 4) is 73.9 Å². The van der Waals surface area contributed by atoms with E-state index < -0.39 is 18.1 Å². The van der Waals surface area contributed by atoms with Crippen molar-refractivity contribution in [3.63, 3.8) is 0 Å². The van der Waals surface area contributed by atoms with Gasteiger partial charge >= 0.3 is 0 Å². The third kappa shape index (κ3) is 12.0. The predicted molar refractivity (Wildman–Crippen MR) is 622 cm³/mol. The summed E-state index contributed by atoms with van der Waals surface area (Å²) >= 11 is 7.31. The molecule has 148 heavy (non-hydrogen) atoms. The molecule has 0 fully saturated rings. The van der Waals surface area contributed by atoms with Gasteiger partial charge in [0.15, 0.2) is 11.2 Å². The maximum atomic E-state index is 8.87. The van der Waals surface area contributed by atoms with E-state index in [4.69, 9.17) is 45.6 Å². The van der Waals surface area contributed by atoms with Gasteiger partial charge in [-0.25, -0.2) is 29.9 Å². The molecule has 33 aromatic rings. The first-order valence-corrected chi connectivity index (χ1v) is 52.6. The maximum Gasteiger partial charge on any atom is 0.236 e. The van der Waals surface area contributed by atoms with Crippen molar-refractivity contribution in [3.05, 3.63) is 436 Å². The number of furan rings is 2. The van der Waals surface area contributed by atoms with Crippen molar-refractivity contribution in [2.75, 3.05) is 0 Å². The monoisotopic (exact) mass is 1970 g/mol. The molecule has 0 unspecified atom stereocenters. The third-order valence-corrected chi connectivity index (χ3v) is 35.1. The fourth-order valence-electron chi connectivity index (χ4n) is 24.0. The average Bonchev–Trinajstić information content (AvgIpc) is 1.53. The highest BCUT2D eigenvalue weighted by Gasteiger charge is 2.37. The zero-order valence-corrected chi connectivity index (χ0v) is 82.2. The average molecular weight is 1970 g/mol. The van der Waals surface area contributed by atoms with E-state index in [2.05, 4.69) is 330 Å². The number of thiophene rings is 4. The van der Waals surface area contributed by atoms with Crippen LogP contribution in [0.25, 0.3) is 307 Å². The van der Waals surface area contributed by atoms with E-state index in [0.717, 1.165) is 120 Å². The molecule has 0 aliphatic heterocycles. The first-order valence-electron chi connectivity index (χ1n) is 51.9. The molecule has 0 saturated carbocycles. The molecule has 0 radical (unpaired) electrons. The van der Waals surface area contributed by atoms with Gasteiger partial charge in [0.05, 0.1) is 45.6 Å². The molecule has 0 N–H and O–H groups in total. The van der Waals surface area contributed by atoms with Crippen LogP contribution < -0.4 is 0 Å². The van der Waals surface area contributed by atoms with Crippen molar-refractivity contribution in [2.45, 2.75) is 19.3 Å². The van der Waals surface area contributed by atoms with Crippen molar-refractivity contribution < 1.29 is 15.7 Å². The van der Waals surface area contributed by atoms with Gasteiger partial charge in [-0.3, -0.25) is 18.7 Å². The minimum atomic E-state index is -0.468. The van der Waals surface area contributed by atoms with Gasteiger partial charge in [-0.2, -0.15) is 0 Å². The number of para-hydroxylation sites is 4. The molecule has 13 heterocycles. The Balaban J connectivity index is 0.000000103. The molecule has 12 nitrogen and oxygen atoms in total. The molecule has 0 amide bonds. The SMILES string of the molecule is CC1(C)c2ccccc2-c2ccc(-c3nc(-n4c5cc(-c6cccnc6)ccc5c5c6ccccc6c6sc7ccccc7c6c54)nc4sc5c6ccccc6ccc5c34)cc21.[2H]c1c([2H])c([2H])c(-c2nc(-n3c4ccccc4c4c5c6ccccc6sc5c5ccccc5c43)nc3c2oc2ccccc23)c([2H])c1[2H].c1ccc(-c2nc(-n3c4ccccc4c4c5c6ccccc6sc5c5ccccc5c43)nc3c2oc2ccccc23)cc1. The minimum Gasteiger partial charge on any atom is -0.452 e. The maximum absolute atomic E-state index is 8.87. The summed E-state index contributed by atoms with van der Waals surface area (Å²) in [4.78, 5) is 37.9. The van der Waals surface area contributed by atoms with Crippen LogP contribution in [0.5, 0.6) is 0 Å². The molecule has 20 aromatic carbocycles. The van der Waals surface area contributed by atoms with E-state index in [-0.39, 0.29) is 34.3 Å². The Morgan fingerprint density at radius 3 is 1.33 bits per heavy atom. The lowest BCUT2D eigenvalue weighted by atomic mass is 9.82. The Bertz CT molecular complexity index is 11900. The number of hydrogen-bond acceptors (Lipinski definition) is 13. The second-order valence-electron chi connectivity index (χ2n) is 38.6. The highest BCUT2D eigenvalue weighted by molar-refractivity contribution is 7.28. The summed E-state index contributed by atoms with van der Waals surface area (Å²) < 4.78 is 71.1. The number of nitrogens with zero attached hydrogens (tertiary/aromatic N) is 10. The lowest BCUT2D eigenvalue weighted by molar-refractivity contribution is 0.660. The zero-order valence-electron chi connectivity index (χ0n) is 83.9. The number of pyridine rings is 1. The Hall–Kier alpha value is -18.3. The van der Waals surface area contributed by atoms with Crippen LogP contribution >= 0.6 is 45.3 Å². The van der Waals surface area contributed by atoms with Gasteiger partial charge in [0.2, 0.25) is 17.8 Å². The van der Waals surface area contributed by atoms with Gasteiger partial charge in [-0.05, 0) is 117 Å². The molecular weight excluding hydrogens is 1890 g/mol. The fourth-order valence-corrected chi connectivity index (χ4v) is 28.9. The highest BCUT2D eigenvalue weighted by Crippen LogP contribution is 2.57. The summed E-state index contributed by atoms with van der Waals surface area (Å²) in [5, 5.41) is 27.9. The first-order chi connectivity index (χ1) is 75.3. The Morgan fingerprint density at radius 1 is 0.270 bits per heavy atom. The molecule has 0 bridgehead atoms. The number of aromatic nitrogens is 10. The molecule has 13 aromatic heterocycles. The molecule has 1 aliphatic rings. The summed E-state index contributed by atoms with van der Waals surface area (Å²) in [6.07, 6.45) is 3.78. The molecule has 0 atom stereocenters. The van der Waals surface area contributed by atoms with Gasteiger partial charge in [0.1, 0.15) is 38.4 Å². The van der Waals surface area contributed by atoms with Crippen molar-refractivity contribution in [1.82, 2.24) is 48.6 Å². The number of benzene rings is 20. The van der Waals surface area contributed by atoms with Crippen LogP contribution in [0.3, 0.4) is 0 Å². The second-order valence-corrected chi connectivity index (χ2v) is 42.8. The molecule has 16 heteroatoms. The normalized spacial score (nSPS) is 13.2. The Morgan fingerprint density at radius 2 is 0.723 bits per heavy atom. The smallest absolute Gasteiger partial charge is 0.236 e. The third-order valence-electron chi connectivity index (χ3n) is 30.4. The van der Waals surface area contributed by atoms with E-state index in [1.54, 1.807) is 22.7 Å². The van der Waals surface area contributed by atoms with E-state index in [9.17, 15) is 0 Å². The van der Waals surface area contributed by atoms with E-state index in [1.165, 1.54) is 147 Å². The molecule has 1 aliphatic carbocycles. The van der Waals surface area contributed by atoms with Crippen LogP contribution in [0.4, 0.5) is 0 Å². The van der Waals surface area contributed by atoms with Crippen LogP contribution in [-0.2, 0) is 5.41 Å². The summed E-state index contributed by atoms with van der Waals surface area (Å²) in [6.45, 7) is 4.71. The lowest BCUT2D eigenvalue weighted by Crippen LogP contribution is -2.15. The van der Waals surface area contributed by atoms with Crippen molar-refractivity contribution >= 4 is 279 Å². The second kappa shape index (κ2) is 31.9. The summed E-state index contributed by atoms with van der Waals surface area (Å²) in [6, 6.07) is 133. The molecule has 34 rings (SSSR count). The minimum absolute atomic E-state index is 0.0365. The summed E-state index contributed by atoms with van der Waals surface area (Å²) in [5.74, 6) is 1.61. The van der Waals surface area contributed by atoms with Crippen molar-refractivity contribution in [1.29, 1.82) is 0 Å². The summed E-state index contributed by atoms with van der Waals surface area (Å²) in [5.41, 5.74) is 21.1. The van der Waals surface area contributed by atoms with Gasteiger partial charge in [-0.1, -0.05) is 353 Å². The Labute approximate surface area is 865 Å². The predicted octanol–water partition coefficient (Wildman–Crippen LogP) is 37.0. The van der Waals surface area contributed by atoms with Crippen LogP contribution in [-0.4, -0.2) is 48.6 Å². The van der Waals surface area contributed by atoms with Gasteiger partial charge in [0, 0.05) is 186 Å². The topological polar surface area (TPSA) is 131 Å². The molecule has 690 valence electrons. The summed E-state index contributed by atoms with van der Waals surface area (Å²) in [7, 11) is 0. The van der Waals surface area contributed by atoms with E-state index >= 15 is 0 Å². The quantitative estimate of drug-likeness (QED) is 0.153. The van der Waals surface area contributed by atoms with Crippen LogP contribution in [0.15, 0.2) is 434 Å². The molecular formula is C132H76N10O2S4. The number of rotatable bonds is 7. The number of hydrogen-bond donors (Lipinski definition) is 0. The fraction of sp³-hybridized carbons (Fsp3) is 0.0227. The van der Waals surface area contributed by atoms with Crippen molar-refractivity contribution in [2.24, 2.45) is 0 Å². The van der Waals surface area contributed by atoms with Gasteiger partial charge < -0.3 is 8.83 Å². The molecule has 0 saturated heterocycles. The van der Waals surface area contributed by atoms with Gasteiger partial charge in [0.25, 0.3) is 0 Å². The number of fused-ring (bicyclic) bond motifs is 44. The zero-order chi connectivity index (χ0) is 101.